The van der Waals surface area contributed by atoms with Crippen molar-refractivity contribution in [3.8, 4) is 5.75 Å². The van der Waals surface area contributed by atoms with Crippen LogP contribution < -0.4 is 4.74 Å². The molecule has 0 saturated heterocycles. The van der Waals surface area contributed by atoms with Crippen molar-refractivity contribution >= 4 is 5.69 Å². The maximum absolute atomic E-state index is 12.5. The van der Waals surface area contributed by atoms with Gasteiger partial charge in [-0.2, -0.15) is 0 Å². The third-order valence-corrected chi connectivity index (χ3v) is 2.06. The molecule has 81 valence electrons. The molecule has 0 atom stereocenters. The van der Waals surface area contributed by atoms with Gasteiger partial charge in [0.15, 0.2) is 0 Å². The zero-order chi connectivity index (χ0) is 11.4. The average molecular weight is 212 g/mol. The summed E-state index contributed by atoms with van der Waals surface area (Å²) in [5.41, 5.74) is 0.289. The number of hydrogen-bond acceptors (Lipinski definition) is 3. The molecular formula is C10H11FNO3. The molecule has 1 rings (SSSR count). The summed E-state index contributed by atoms with van der Waals surface area (Å²) in [5, 5.41) is 10.7. The molecule has 0 amide bonds. The molecule has 5 heteroatoms. The molecular weight excluding hydrogens is 201 g/mol. The fourth-order valence-corrected chi connectivity index (χ4v) is 1.29. The monoisotopic (exact) mass is 212 g/mol. The molecule has 0 aliphatic carbocycles. The van der Waals surface area contributed by atoms with Crippen molar-refractivity contribution in [1.29, 1.82) is 0 Å². The van der Waals surface area contributed by atoms with Crippen LogP contribution in [-0.2, 0) is 0 Å². The van der Waals surface area contributed by atoms with Crippen molar-refractivity contribution < 1.29 is 14.1 Å². The van der Waals surface area contributed by atoms with Crippen LogP contribution >= 0.6 is 0 Å². The summed E-state index contributed by atoms with van der Waals surface area (Å²) in [4.78, 5) is 10.1. The largest absolute Gasteiger partial charge is 0.490 e. The van der Waals surface area contributed by atoms with Gasteiger partial charge < -0.3 is 4.74 Å². The topological polar surface area (TPSA) is 52.4 Å². The number of nitro benzene ring substituents is 1. The Labute approximate surface area is 86.8 Å². The van der Waals surface area contributed by atoms with E-state index in [4.69, 9.17) is 4.74 Å². The highest BCUT2D eigenvalue weighted by Gasteiger charge is 2.21. The van der Waals surface area contributed by atoms with Crippen molar-refractivity contribution in [3.63, 3.8) is 0 Å². The number of alkyl halides is 1. The van der Waals surface area contributed by atoms with Crippen LogP contribution in [0.4, 0.5) is 10.1 Å². The highest BCUT2D eigenvalue weighted by molar-refractivity contribution is 5.56. The lowest BCUT2D eigenvalue weighted by atomic mass is 10.0. The first-order valence-corrected chi connectivity index (χ1v) is 4.32. The maximum atomic E-state index is 12.5. The van der Waals surface area contributed by atoms with Gasteiger partial charge in [0.2, 0.25) is 5.75 Å². The lowest BCUT2D eigenvalue weighted by Gasteiger charge is -2.11. The molecule has 1 radical (unpaired) electrons. The lowest BCUT2D eigenvalue weighted by molar-refractivity contribution is -0.385. The highest BCUT2D eigenvalue weighted by Crippen LogP contribution is 2.34. The fraction of sp³-hybridized carbons (Fsp3) is 0.300. The minimum absolute atomic E-state index is 0.109. The van der Waals surface area contributed by atoms with Crippen LogP contribution in [-0.4, -0.2) is 18.7 Å². The lowest BCUT2D eigenvalue weighted by Crippen LogP contribution is -2.03. The van der Waals surface area contributed by atoms with Crippen molar-refractivity contribution in [2.75, 3.05) is 13.8 Å². The van der Waals surface area contributed by atoms with Gasteiger partial charge in [-0.3, -0.25) is 14.5 Å². The molecule has 0 aliphatic heterocycles. The minimum Gasteiger partial charge on any atom is -0.490 e. The van der Waals surface area contributed by atoms with E-state index in [0.717, 1.165) is 0 Å². The van der Waals surface area contributed by atoms with Gasteiger partial charge in [-0.15, -0.1) is 0 Å². The summed E-state index contributed by atoms with van der Waals surface area (Å²) in [7, 11) is 1.33. The van der Waals surface area contributed by atoms with E-state index in [1.807, 2.05) is 0 Å². The first-order valence-electron chi connectivity index (χ1n) is 4.32. The smallest absolute Gasteiger partial charge is 0.311 e. The summed E-state index contributed by atoms with van der Waals surface area (Å²) >= 11 is 0. The summed E-state index contributed by atoms with van der Waals surface area (Å²) in [6, 6.07) is 4.43. The predicted molar refractivity (Wildman–Crippen MR) is 53.6 cm³/mol. The first kappa shape index (κ1) is 11.4. The van der Waals surface area contributed by atoms with Crippen LogP contribution in [0.1, 0.15) is 12.5 Å². The second-order valence-corrected chi connectivity index (χ2v) is 3.03. The molecule has 0 unspecified atom stereocenters. The standard InChI is InChI=1S/C10H11FNO3/c1-7(6-11)8-4-3-5-9(12(13)14)10(8)15-2/h3-5H,6H2,1-2H3. The normalized spacial score (nSPS) is 10.4. The number of rotatable bonds is 4. The Morgan fingerprint density at radius 1 is 1.60 bits per heavy atom. The number of nitrogens with zero attached hydrogens (tertiary/aromatic N) is 1. The fourth-order valence-electron chi connectivity index (χ4n) is 1.29. The van der Waals surface area contributed by atoms with Crippen molar-refractivity contribution in [3.05, 3.63) is 39.8 Å². The second kappa shape index (κ2) is 4.72. The average Bonchev–Trinajstić information content (AvgIpc) is 2.26. The molecule has 0 aromatic heterocycles. The van der Waals surface area contributed by atoms with Gasteiger partial charge in [-0.05, 0) is 0 Å². The van der Waals surface area contributed by atoms with Crippen LogP contribution in [0.2, 0.25) is 0 Å². The van der Waals surface area contributed by atoms with E-state index >= 15 is 0 Å². The van der Waals surface area contributed by atoms with Crippen LogP contribution in [0.15, 0.2) is 18.2 Å². The van der Waals surface area contributed by atoms with E-state index in [9.17, 15) is 14.5 Å². The Bertz CT molecular complexity index is 368. The Morgan fingerprint density at radius 2 is 2.27 bits per heavy atom. The van der Waals surface area contributed by atoms with Gasteiger partial charge >= 0.3 is 5.69 Å². The van der Waals surface area contributed by atoms with E-state index in [2.05, 4.69) is 0 Å². The summed E-state index contributed by atoms with van der Waals surface area (Å²) in [5.74, 6) is 0.521. The van der Waals surface area contributed by atoms with E-state index in [0.29, 0.717) is 11.5 Å². The Balaban J connectivity index is 3.28. The molecule has 0 saturated carbocycles. The number of benzene rings is 1. The number of halogens is 1. The predicted octanol–water partition coefficient (Wildman–Crippen LogP) is 2.52. The van der Waals surface area contributed by atoms with E-state index in [1.165, 1.54) is 19.2 Å². The molecule has 0 bridgehead atoms. The summed E-state index contributed by atoms with van der Waals surface area (Å²) in [6.45, 7) is 0.916. The highest BCUT2D eigenvalue weighted by atomic mass is 19.1. The van der Waals surface area contributed by atoms with Gasteiger partial charge in [0.1, 0.15) is 0 Å². The molecule has 1 aromatic rings. The van der Waals surface area contributed by atoms with Gasteiger partial charge in [0, 0.05) is 17.5 Å². The first-order chi connectivity index (χ1) is 7.11. The molecule has 4 nitrogen and oxygen atoms in total. The van der Waals surface area contributed by atoms with E-state index in [1.54, 1.807) is 13.0 Å². The van der Waals surface area contributed by atoms with E-state index in [-0.39, 0.29) is 11.4 Å². The molecule has 0 spiro atoms. The zero-order valence-electron chi connectivity index (χ0n) is 8.49. The maximum Gasteiger partial charge on any atom is 0.311 e. The second-order valence-electron chi connectivity index (χ2n) is 3.03. The molecule has 0 N–H and O–H groups in total. The van der Waals surface area contributed by atoms with Crippen molar-refractivity contribution in [2.24, 2.45) is 0 Å². The van der Waals surface area contributed by atoms with E-state index < -0.39 is 11.6 Å². The molecule has 1 aromatic carbocycles. The van der Waals surface area contributed by atoms with Crippen LogP contribution in [0.3, 0.4) is 0 Å². The Morgan fingerprint density at radius 3 is 2.73 bits per heavy atom. The summed E-state index contributed by atoms with van der Waals surface area (Å²) in [6.07, 6.45) is 0. The van der Waals surface area contributed by atoms with Crippen LogP contribution in [0.25, 0.3) is 0 Å². The quantitative estimate of drug-likeness (QED) is 0.569. The molecule has 0 heterocycles. The van der Waals surface area contributed by atoms with Gasteiger partial charge in [0.25, 0.3) is 0 Å². The summed E-state index contributed by atoms with van der Waals surface area (Å²) < 4.78 is 17.4. The molecule has 0 fully saturated rings. The van der Waals surface area contributed by atoms with Gasteiger partial charge in [-0.25, -0.2) is 0 Å². The van der Waals surface area contributed by atoms with Crippen LogP contribution in [0.5, 0.6) is 5.75 Å². The number of ether oxygens (including phenoxy) is 1. The number of nitro groups is 1. The van der Waals surface area contributed by atoms with Crippen molar-refractivity contribution in [1.82, 2.24) is 0 Å². The van der Waals surface area contributed by atoms with Crippen molar-refractivity contribution in [2.45, 2.75) is 6.92 Å². The Hall–Kier alpha value is -1.65. The number of hydrogen-bond donors (Lipinski definition) is 0. The third-order valence-electron chi connectivity index (χ3n) is 2.06. The molecule has 0 aliphatic rings. The zero-order valence-corrected chi connectivity index (χ0v) is 8.49. The SMILES string of the molecule is COc1c([C](C)CF)cccc1[N+](=O)[O-]. The van der Waals surface area contributed by atoms with Crippen LogP contribution in [0, 0.1) is 16.0 Å². The van der Waals surface area contributed by atoms with Gasteiger partial charge in [0.05, 0.1) is 18.7 Å². The third kappa shape index (κ3) is 2.23. The van der Waals surface area contributed by atoms with Gasteiger partial charge in [-0.1, -0.05) is 19.1 Å². The molecule has 15 heavy (non-hydrogen) atoms. The minimum atomic E-state index is -0.655. The number of para-hydroxylation sites is 1. The number of methoxy groups -OCH3 is 1. The Kier molecular flexibility index (Phi) is 3.60.